The Morgan fingerprint density at radius 3 is 2.82 bits per heavy atom. The summed E-state index contributed by atoms with van der Waals surface area (Å²) >= 11 is 1.62. The van der Waals surface area contributed by atoms with Gasteiger partial charge in [0, 0.05) is 10.6 Å². The predicted molar refractivity (Wildman–Crippen MR) is 71.1 cm³/mol. The molecule has 0 fully saturated rings. The van der Waals surface area contributed by atoms with Gasteiger partial charge in [0.2, 0.25) is 0 Å². The first-order chi connectivity index (χ1) is 8.18. The Labute approximate surface area is 104 Å². The fourth-order valence-corrected chi connectivity index (χ4v) is 2.31. The number of aryl methyl sites for hydroxylation is 1. The van der Waals surface area contributed by atoms with Gasteiger partial charge in [-0.05, 0) is 30.0 Å². The number of amides is 1. The normalized spacial score (nSPS) is 10.2. The van der Waals surface area contributed by atoms with Crippen LogP contribution in [0.1, 0.15) is 20.8 Å². The van der Waals surface area contributed by atoms with Gasteiger partial charge in [0.25, 0.3) is 5.91 Å². The number of thiophene rings is 1. The number of hydrogen-bond donors (Lipinski definition) is 2. The van der Waals surface area contributed by atoms with Gasteiger partial charge in [-0.3, -0.25) is 4.79 Å². The molecule has 0 spiro atoms. The van der Waals surface area contributed by atoms with E-state index in [-0.39, 0.29) is 5.91 Å². The van der Waals surface area contributed by atoms with E-state index >= 15 is 0 Å². The molecule has 0 aliphatic carbocycles. The Morgan fingerprint density at radius 1 is 1.35 bits per heavy atom. The second-order valence-corrected chi connectivity index (χ2v) is 4.83. The van der Waals surface area contributed by atoms with Gasteiger partial charge in [0.1, 0.15) is 0 Å². The second-order valence-electron chi connectivity index (χ2n) is 3.80. The maximum atomic E-state index is 12.0. The van der Waals surface area contributed by atoms with Crippen LogP contribution < -0.4 is 11.1 Å². The van der Waals surface area contributed by atoms with Crippen LogP contribution in [-0.4, -0.2) is 5.91 Å². The molecule has 1 aromatic heterocycles. The summed E-state index contributed by atoms with van der Waals surface area (Å²) < 4.78 is 0. The summed E-state index contributed by atoms with van der Waals surface area (Å²) in [5.74, 6) is -0.117. The molecule has 1 amide bonds. The molecule has 3 N–H and O–H groups in total. The first-order valence-corrected chi connectivity index (χ1v) is 6.22. The molecule has 2 rings (SSSR count). The molecule has 4 heteroatoms. The van der Waals surface area contributed by atoms with Crippen molar-refractivity contribution < 1.29 is 4.79 Å². The summed E-state index contributed by atoms with van der Waals surface area (Å²) in [6.45, 7) is 2.43. The fourth-order valence-electron chi connectivity index (χ4n) is 1.67. The molecule has 3 nitrogen and oxygen atoms in total. The second kappa shape index (κ2) is 5.01. The molecule has 0 bridgehead atoms. The van der Waals surface area contributed by atoms with Crippen LogP contribution in [0.15, 0.2) is 35.7 Å². The summed E-state index contributed by atoms with van der Waals surface area (Å²) in [7, 11) is 0. The van der Waals surface area contributed by atoms with Gasteiger partial charge in [-0.2, -0.15) is 0 Å². The highest BCUT2D eigenvalue weighted by atomic mass is 32.1. The number of benzene rings is 1. The van der Waals surface area contributed by atoms with Gasteiger partial charge in [0.05, 0.1) is 12.1 Å². The first kappa shape index (κ1) is 11.7. The lowest BCUT2D eigenvalue weighted by Gasteiger charge is -2.09. The minimum absolute atomic E-state index is 0.117. The molecule has 0 unspecified atom stereocenters. The standard InChI is InChI=1S/C13H14N2OS/c1-9-4-2-6-11(14)12(9)13(16)15-8-10-5-3-7-17-10/h2-7H,8,14H2,1H3,(H,15,16). The smallest absolute Gasteiger partial charge is 0.253 e. The molecule has 0 radical (unpaired) electrons. The van der Waals surface area contributed by atoms with Crippen molar-refractivity contribution in [3.63, 3.8) is 0 Å². The number of rotatable bonds is 3. The van der Waals surface area contributed by atoms with Crippen molar-refractivity contribution in [3.05, 3.63) is 51.7 Å². The van der Waals surface area contributed by atoms with Gasteiger partial charge in [0.15, 0.2) is 0 Å². The third-order valence-electron chi connectivity index (χ3n) is 2.54. The molecular weight excluding hydrogens is 232 g/mol. The lowest BCUT2D eigenvalue weighted by atomic mass is 10.1. The maximum Gasteiger partial charge on any atom is 0.253 e. The molecule has 0 atom stereocenters. The Morgan fingerprint density at radius 2 is 2.18 bits per heavy atom. The van der Waals surface area contributed by atoms with Gasteiger partial charge < -0.3 is 11.1 Å². The molecular formula is C13H14N2OS. The maximum absolute atomic E-state index is 12.0. The molecule has 0 saturated heterocycles. The molecule has 2 aromatic rings. The van der Waals surface area contributed by atoms with Crippen LogP contribution in [0.25, 0.3) is 0 Å². The Balaban J connectivity index is 2.10. The highest BCUT2D eigenvalue weighted by molar-refractivity contribution is 7.09. The largest absolute Gasteiger partial charge is 0.398 e. The number of nitrogens with one attached hydrogen (secondary N) is 1. The Bertz CT molecular complexity index is 500. The lowest BCUT2D eigenvalue weighted by Crippen LogP contribution is -2.24. The van der Waals surface area contributed by atoms with Crippen molar-refractivity contribution in [3.8, 4) is 0 Å². The van der Waals surface area contributed by atoms with Crippen LogP contribution in [0.3, 0.4) is 0 Å². The lowest BCUT2D eigenvalue weighted by molar-refractivity contribution is 0.0951. The monoisotopic (exact) mass is 246 g/mol. The summed E-state index contributed by atoms with van der Waals surface area (Å²) in [5, 5.41) is 4.86. The van der Waals surface area contributed by atoms with E-state index in [2.05, 4.69) is 5.32 Å². The average molecular weight is 246 g/mol. The van der Waals surface area contributed by atoms with Crippen LogP contribution in [0.2, 0.25) is 0 Å². The van der Waals surface area contributed by atoms with Gasteiger partial charge >= 0.3 is 0 Å². The number of carbonyl (C=O) groups excluding carboxylic acids is 1. The SMILES string of the molecule is Cc1cccc(N)c1C(=O)NCc1cccs1. The number of nitrogens with two attached hydrogens (primary N) is 1. The predicted octanol–water partition coefficient (Wildman–Crippen LogP) is 2.57. The quantitative estimate of drug-likeness (QED) is 0.818. The third-order valence-corrected chi connectivity index (χ3v) is 3.41. The minimum atomic E-state index is -0.117. The topological polar surface area (TPSA) is 55.1 Å². The zero-order valence-corrected chi connectivity index (χ0v) is 10.4. The highest BCUT2D eigenvalue weighted by Crippen LogP contribution is 2.16. The summed E-state index contributed by atoms with van der Waals surface area (Å²) in [4.78, 5) is 13.1. The number of carbonyl (C=O) groups is 1. The molecule has 0 saturated carbocycles. The van der Waals surface area contributed by atoms with Crippen molar-refractivity contribution in [1.29, 1.82) is 0 Å². The molecule has 0 aliphatic heterocycles. The van der Waals surface area contributed by atoms with E-state index in [1.54, 1.807) is 17.4 Å². The van der Waals surface area contributed by atoms with Crippen LogP contribution >= 0.6 is 11.3 Å². The van der Waals surface area contributed by atoms with Gasteiger partial charge in [-0.15, -0.1) is 11.3 Å². The van der Waals surface area contributed by atoms with Crippen LogP contribution in [0.5, 0.6) is 0 Å². The van der Waals surface area contributed by atoms with E-state index in [1.807, 2.05) is 36.6 Å². The molecule has 88 valence electrons. The summed E-state index contributed by atoms with van der Waals surface area (Å²) in [6, 6.07) is 9.44. The molecule has 0 aliphatic rings. The van der Waals surface area contributed by atoms with Crippen molar-refractivity contribution in [2.75, 3.05) is 5.73 Å². The Kier molecular flexibility index (Phi) is 3.44. The number of hydrogen-bond acceptors (Lipinski definition) is 3. The average Bonchev–Trinajstić information content (AvgIpc) is 2.79. The van der Waals surface area contributed by atoms with Crippen molar-refractivity contribution >= 4 is 22.9 Å². The van der Waals surface area contributed by atoms with E-state index in [0.29, 0.717) is 17.8 Å². The van der Waals surface area contributed by atoms with Crippen LogP contribution in [0, 0.1) is 6.92 Å². The Hall–Kier alpha value is -1.81. The van der Waals surface area contributed by atoms with E-state index in [9.17, 15) is 4.79 Å². The zero-order chi connectivity index (χ0) is 12.3. The molecule has 1 aromatic carbocycles. The molecule has 1 heterocycles. The number of anilines is 1. The first-order valence-electron chi connectivity index (χ1n) is 5.34. The van der Waals surface area contributed by atoms with E-state index in [0.717, 1.165) is 10.4 Å². The minimum Gasteiger partial charge on any atom is -0.398 e. The van der Waals surface area contributed by atoms with Crippen LogP contribution in [0.4, 0.5) is 5.69 Å². The van der Waals surface area contributed by atoms with Crippen molar-refractivity contribution in [2.24, 2.45) is 0 Å². The fraction of sp³-hybridized carbons (Fsp3) is 0.154. The van der Waals surface area contributed by atoms with Gasteiger partial charge in [-0.25, -0.2) is 0 Å². The van der Waals surface area contributed by atoms with E-state index in [1.165, 1.54) is 0 Å². The van der Waals surface area contributed by atoms with Crippen LogP contribution in [-0.2, 0) is 6.54 Å². The number of nitrogen functional groups attached to an aromatic ring is 1. The highest BCUT2D eigenvalue weighted by Gasteiger charge is 2.11. The molecule has 17 heavy (non-hydrogen) atoms. The summed E-state index contributed by atoms with van der Waals surface area (Å²) in [6.07, 6.45) is 0. The van der Waals surface area contributed by atoms with E-state index < -0.39 is 0 Å². The van der Waals surface area contributed by atoms with E-state index in [4.69, 9.17) is 5.73 Å². The van der Waals surface area contributed by atoms with Crippen molar-refractivity contribution in [2.45, 2.75) is 13.5 Å². The summed E-state index contributed by atoms with van der Waals surface area (Å²) in [5.41, 5.74) is 7.81. The van der Waals surface area contributed by atoms with Gasteiger partial charge in [-0.1, -0.05) is 18.2 Å². The van der Waals surface area contributed by atoms with Crippen molar-refractivity contribution in [1.82, 2.24) is 5.32 Å². The zero-order valence-electron chi connectivity index (χ0n) is 9.57. The third kappa shape index (κ3) is 2.65.